The van der Waals surface area contributed by atoms with Crippen molar-refractivity contribution in [3.05, 3.63) is 28.8 Å². The first-order valence-electron chi connectivity index (χ1n) is 5.17. The van der Waals surface area contributed by atoms with Crippen molar-refractivity contribution in [2.75, 3.05) is 6.61 Å². The molecule has 0 fully saturated rings. The smallest absolute Gasteiger partial charge is 0.122 e. The van der Waals surface area contributed by atoms with Crippen LogP contribution in [-0.2, 0) is 12.8 Å². The molecule has 1 aliphatic rings. The number of aryl methyl sites for hydroxylation is 1. The number of nitrogens with two attached hydrogens (primary N) is 1. The van der Waals surface area contributed by atoms with E-state index in [0.29, 0.717) is 0 Å². The van der Waals surface area contributed by atoms with Gasteiger partial charge in [-0.3, -0.25) is 0 Å². The fourth-order valence-electron chi connectivity index (χ4n) is 1.94. The van der Waals surface area contributed by atoms with Crippen molar-refractivity contribution in [1.29, 1.82) is 0 Å². The fourth-order valence-corrected chi connectivity index (χ4v) is 1.94. The molecule has 1 aromatic rings. The fraction of sp³-hybridized carbons (Fsp3) is 0.500. The standard InChI is InChI=1S/C12H17NO/c1-8-5-12-10(3-4-14-12)7-11(8)6-9(2)13/h5,7,9H,3-4,6,13H2,1-2H3. The Bertz CT molecular complexity index is 344. The zero-order valence-corrected chi connectivity index (χ0v) is 8.84. The molecule has 1 heterocycles. The van der Waals surface area contributed by atoms with E-state index in [-0.39, 0.29) is 6.04 Å². The lowest BCUT2D eigenvalue weighted by molar-refractivity contribution is 0.356. The zero-order chi connectivity index (χ0) is 10.1. The first kappa shape index (κ1) is 9.53. The van der Waals surface area contributed by atoms with E-state index in [1.807, 2.05) is 6.92 Å². The van der Waals surface area contributed by atoms with Crippen molar-refractivity contribution < 1.29 is 4.74 Å². The number of fused-ring (bicyclic) bond motifs is 1. The van der Waals surface area contributed by atoms with Gasteiger partial charge in [0, 0.05) is 12.5 Å². The minimum absolute atomic E-state index is 0.231. The van der Waals surface area contributed by atoms with Crippen molar-refractivity contribution in [3.8, 4) is 5.75 Å². The maximum atomic E-state index is 5.81. The lowest BCUT2D eigenvalue weighted by Gasteiger charge is -2.10. The molecule has 2 N–H and O–H groups in total. The third kappa shape index (κ3) is 1.75. The Morgan fingerprint density at radius 3 is 3.00 bits per heavy atom. The SMILES string of the molecule is Cc1cc2c(cc1CC(C)N)CCO2. The summed E-state index contributed by atoms with van der Waals surface area (Å²) in [6.45, 7) is 5.00. The average Bonchev–Trinajstić information content (AvgIpc) is 2.51. The first-order valence-corrected chi connectivity index (χ1v) is 5.17. The molecule has 0 aliphatic carbocycles. The van der Waals surface area contributed by atoms with Gasteiger partial charge in [-0.2, -0.15) is 0 Å². The number of benzene rings is 1. The predicted molar refractivity (Wildman–Crippen MR) is 57.7 cm³/mol. The van der Waals surface area contributed by atoms with Gasteiger partial charge in [0.05, 0.1) is 6.61 Å². The highest BCUT2D eigenvalue weighted by Gasteiger charge is 2.14. The molecule has 0 bridgehead atoms. The molecule has 0 saturated carbocycles. The highest BCUT2D eigenvalue weighted by Crippen LogP contribution is 2.28. The van der Waals surface area contributed by atoms with Crippen LogP contribution in [0.15, 0.2) is 12.1 Å². The first-order chi connectivity index (χ1) is 6.66. The second-order valence-corrected chi connectivity index (χ2v) is 4.17. The molecule has 1 unspecified atom stereocenters. The van der Waals surface area contributed by atoms with Crippen LogP contribution in [0.4, 0.5) is 0 Å². The van der Waals surface area contributed by atoms with Crippen LogP contribution in [-0.4, -0.2) is 12.6 Å². The van der Waals surface area contributed by atoms with Gasteiger partial charge in [-0.05, 0) is 43.0 Å². The summed E-state index contributed by atoms with van der Waals surface area (Å²) in [5.41, 5.74) is 9.81. The van der Waals surface area contributed by atoms with Crippen LogP contribution in [0.25, 0.3) is 0 Å². The summed E-state index contributed by atoms with van der Waals surface area (Å²) in [6, 6.07) is 4.62. The summed E-state index contributed by atoms with van der Waals surface area (Å²) in [5.74, 6) is 1.07. The topological polar surface area (TPSA) is 35.2 Å². The quantitative estimate of drug-likeness (QED) is 0.774. The molecule has 0 spiro atoms. The van der Waals surface area contributed by atoms with Crippen LogP contribution in [0.2, 0.25) is 0 Å². The van der Waals surface area contributed by atoms with E-state index < -0.39 is 0 Å². The van der Waals surface area contributed by atoms with Gasteiger partial charge in [0.2, 0.25) is 0 Å². The molecular formula is C12H17NO. The second-order valence-electron chi connectivity index (χ2n) is 4.17. The van der Waals surface area contributed by atoms with Crippen molar-refractivity contribution >= 4 is 0 Å². The van der Waals surface area contributed by atoms with Gasteiger partial charge in [0.1, 0.15) is 5.75 Å². The zero-order valence-electron chi connectivity index (χ0n) is 8.84. The van der Waals surface area contributed by atoms with Gasteiger partial charge in [-0.25, -0.2) is 0 Å². The normalized spacial score (nSPS) is 16.2. The highest BCUT2D eigenvalue weighted by molar-refractivity contribution is 5.44. The van der Waals surface area contributed by atoms with Gasteiger partial charge < -0.3 is 10.5 Å². The molecule has 1 aliphatic heterocycles. The van der Waals surface area contributed by atoms with E-state index in [1.54, 1.807) is 0 Å². The molecule has 76 valence electrons. The van der Waals surface area contributed by atoms with Crippen LogP contribution in [0, 0.1) is 6.92 Å². The Morgan fingerprint density at radius 1 is 1.50 bits per heavy atom. The van der Waals surface area contributed by atoms with E-state index in [9.17, 15) is 0 Å². The lowest BCUT2D eigenvalue weighted by atomic mass is 9.98. The molecule has 2 heteroatoms. The Kier molecular flexibility index (Phi) is 2.46. The minimum atomic E-state index is 0.231. The monoisotopic (exact) mass is 191 g/mol. The summed E-state index contributed by atoms with van der Waals surface area (Å²) in [7, 11) is 0. The van der Waals surface area contributed by atoms with E-state index in [0.717, 1.165) is 25.2 Å². The van der Waals surface area contributed by atoms with Gasteiger partial charge in [0.15, 0.2) is 0 Å². The summed E-state index contributed by atoms with van der Waals surface area (Å²) < 4.78 is 5.51. The summed E-state index contributed by atoms with van der Waals surface area (Å²) >= 11 is 0. The van der Waals surface area contributed by atoms with Gasteiger partial charge in [-0.15, -0.1) is 0 Å². The molecule has 0 saturated heterocycles. The van der Waals surface area contributed by atoms with Gasteiger partial charge in [0.25, 0.3) is 0 Å². The van der Waals surface area contributed by atoms with Gasteiger partial charge >= 0.3 is 0 Å². The summed E-state index contributed by atoms with van der Waals surface area (Å²) in [5, 5.41) is 0. The highest BCUT2D eigenvalue weighted by atomic mass is 16.5. The van der Waals surface area contributed by atoms with E-state index >= 15 is 0 Å². The summed E-state index contributed by atoms with van der Waals surface area (Å²) in [4.78, 5) is 0. The van der Waals surface area contributed by atoms with E-state index in [1.165, 1.54) is 16.7 Å². The molecule has 2 nitrogen and oxygen atoms in total. The van der Waals surface area contributed by atoms with Crippen molar-refractivity contribution in [1.82, 2.24) is 0 Å². The minimum Gasteiger partial charge on any atom is -0.493 e. The number of hydrogen-bond donors (Lipinski definition) is 1. The van der Waals surface area contributed by atoms with Crippen LogP contribution in [0.5, 0.6) is 5.75 Å². The molecule has 1 aromatic carbocycles. The van der Waals surface area contributed by atoms with Crippen LogP contribution in [0.1, 0.15) is 23.6 Å². The summed E-state index contributed by atoms with van der Waals surface area (Å²) in [6.07, 6.45) is 2.00. The number of rotatable bonds is 2. The molecular weight excluding hydrogens is 174 g/mol. The van der Waals surface area contributed by atoms with Crippen LogP contribution in [0.3, 0.4) is 0 Å². The lowest BCUT2D eigenvalue weighted by Crippen LogP contribution is -2.18. The number of ether oxygens (including phenoxy) is 1. The van der Waals surface area contributed by atoms with Crippen LogP contribution >= 0.6 is 0 Å². The Balaban J connectivity index is 2.32. The average molecular weight is 191 g/mol. The van der Waals surface area contributed by atoms with Crippen LogP contribution < -0.4 is 10.5 Å². The predicted octanol–water partition coefficient (Wildman–Crippen LogP) is 1.82. The van der Waals surface area contributed by atoms with E-state index in [4.69, 9.17) is 10.5 Å². The van der Waals surface area contributed by atoms with Gasteiger partial charge in [-0.1, -0.05) is 6.07 Å². The largest absolute Gasteiger partial charge is 0.493 e. The molecule has 2 rings (SSSR count). The Hall–Kier alpha value is -1.02. The van der Waals surface area contributed by atoms with Crippen molar-refractivity contribution in [2.24, 2.45) is 5.73 Å². The third-order valence-electron chi connectivity index (χ3n) is 2.69. The maximum absolute atomic E-state index is 5.81. The maximum Gasteiger partial charge on any atom is 0.122 e. The second kappa shape index (κ2) is 3.62. The molecule has 0 aromatic heterocycles. The third-order valence-corrected chi connectivity index (χ3v) is 2.69. The molecule has 14 heavy (non-hydrogen) atoms. The molecule has 0 amide bonds. The van der Waals surface area contributed by atoms with Crippen molar-refractivity contribution in [2.45, 2.75) is 32.7 Å². The Morgan fingerprint density at radius 2 is 2.29 bits per heavy atom. The molecule has 1 atom stereocenters. The Labute approximate surface area is 85.1 Å². The molecule has 0 radical (unpaired) electrons. The van der Waals surface area contributed by atoms with E-state index in [2.05, 4.69) is 19.1 Å². The van der Waals surface area contributed by atoms with Crippen molar-refractivity contribution in [3.63, 3.8) is 0 Å². The number of hydrogen-bond acceptors (Lipinski definition) is 2.